The number of nitrogens with one attached hydrogen (secondary N) is 1. The molecule has 0 radical (unpaired) electrons. The zero-order valence-corrected chi connectivity index (χ0v) is 13.5. The van der Waals surface area contributed by atoms with Gasteiger partial charge < -0.3 is 14.8 Å². The molecule has 5 heteroatoms. The number of benzene rings is 1. The first kappa shape index (κ1) is 14.2. The summed E-state index contributed by atoms with van der Waals surface area (Å²) < 4.78 is 12.8. The molecule has 1 aromatic carbocycles. The fourth-order valence-electron chi connectivity index (χ4n) is 1.63. The van der Waals surface area contributed by atoms with Gasteiger partial charge in [0.15, 0.2) is 0 Å². The summed E-state index contributed by atoms with van der Waals surface area (Å²) in [4.78, 5) is 0. The van der Waals surface area contributed by atoms with Crippen LogP contribution in [-0.4, -0.2) is 26.3 Å². The maximum absolute atomic E-state index is 5.75. The van der Waals surface area contributed by atoms with Crippen molar-refractivity contribution < 1.29 is 9.47 Å². The Hall–Kier alpha value is -0.260. The molecule has 0 bridgehead atoms. The van der Waals surface area contributed by atoms with Crippen LogP contribution in [0.3, 0.4) is 0 Å². The van der Waals surface area contributed by atoms with Crippen molar-refractivity contribution in [2.45, 2.75) is 25.3 Å². The third-order valence-corrected chi connectivity index (χ3v) is 4.03. The summed E-state index contributed by atoms with van der Waals surface area (Å²) in [6.45, 7) is 1.75. The van der Waals surface area contributed by atoms with Gasteiger partial charge in [-0.15, -0.1) is 0 Å². The molecule has 1 aliphatic rings. The zero-order chi connectivity index (χ0) is 13.0. The standard InChI is InChI=1S/C13H17Br2NO2/c1-17-12-7-11(15)13(8-10(12)14)18-6-2-5-16-9-3-4-9/h7-9,16H,2-6H2,1H3. The van der Waals surface area contributed by atoms with E-state index in [9.17, 15) is 0 Å². The molecule has 100 valence electrons. The Bertz CT molecular complexity index is 408. The van der Waals surface area contributed by atoms with Gasteiger partial charge in [-0.1, -0.05) is 0 Å². The van der Waals surface area contributed by atoms with Crippen molar-refractivity contribution in [1.29, 1.82) is 0 Å². The number of methoxy groups -OCH3 is 1. The van der Waals surface area contributed by atoms with E-state index in [1.165, 1.54) is 12.8 Å². The molecule has 3 nitrogen and oxygen atoms in total. The first-order valence-electron chi connectivity index (χ1n) is 6.10. The quantitative estimate of drug-likeness (QED) is 0.733. The van der Waals surface area contributed by atoms with Crippen LogP contribution in [0.15, 0.2) is 21.1 Å². The maximum atomic E-state index is 5.75. The number of hydrogen-bond acceptors (Lipinski definition) is 3. The molecule has 0 aromatic heterocycles. The topological polar surface area (TPSA) is 30.5 Å². The minimum Gasteiger partial charge on any atom is -0.496 e. The van der Waals surface area contributed by atoms with E-state index in [-0.39, 0.29) is 0 Å². The van der Waals surface area contributed by atoms with Gasteiger partial charge in [0.1, 0.15) is 11.5 Å². The highest BCUT2D eigenvalue weighted by Gasteiger charge is 2.19. The first-order valence-corrected chi connectivity index (χ1v) is 7.68. The van der Waals surface area contributed by atoms with E-state index in [1.807, 2.05) is 12.1 Å². The highest BCUT2D eigenvalue weighted by molar-refractivity contribution is 9.11. The lowest BCUT2D eigenvalue weighted by atomic mass is 10.3. The average Bonchev–Trinajstić information content (AvgIpc) is 3.16. The van der Waals surface area contributed by atoms with Crippen LogP contribution in [0.2, 0.25) is 0 Å². The van der Waals surface area contributed by atoms with Crippen LogP contribution in [0.5, 0.6) is 11.5 Å². The molecule has 2 rings (SSSR count). The van der Waals surface area contributed by atoms with Crippen molar-refractivity contribution in [2.24, 2.45) is 0 Å². The Morgan fingerprint density at radius 3 is 2.56 bits per heavy atom. The molecule has 1 aromatic rings. The molecule has 0 atom stereocenters. The Labute approximate surface area is 124 Å². The molecule has 1 N–H and O–H groups in total. The minimum atomic E-state index is 0.719. The molecule has 0 amide bonds. The Morgan fingerprint density at radius 2 is 1.89 bits per heavy atom. The second kappa shape index (κ2) is 6.78. The SMILES string of the molecule is COc1cc(Br)c(OCCCNC2CC2)cc1Br. The van der Waals surface area contributed by atoms with Crippen molar-refractivity contribution >= 4 is 31.9 Å². The van der Waals surface area contributed by atoms with Crippen LogP contribution in [-0.2, 0) is 0 Å². The normalized spacial score (nSPS) is 14.6. The van der Waals surface area contributed by atoms with Gasteiger partial charge >= 0.3 is 0 Å². The summed E-state index contributed by atoms with van der Waals surface area (Å²) >= 11 is 6.94. The van der Waals surface area contributed by atoms with Crippen molar-refractivity contribution in [3.8, 4) is 11.5 Å². The molecular formula is C13H17Br2NO2. The van der Waals surface area contributed by atoms with Gasteiger partial charge in [0, 0.05) is 6.04 Å². The van der Waals surface area contributed by atoms with Gasteiger partial charge in [-0.2, -0.15) is 0 Å². The largest absolute Gasteiger partial charge is 0.496 e. The molecule has 18 heavy (non-hydrogen) atoms. The third-order valence-electron chi connectivity index (χ3n) is 2.80. The molecular weight excluding hydrogens is 362 g/mol. The molecule has 0 unspecified atom stereocenters. The smallest absolute Gasteiger partial charge is 0.134 e. The third kappa shape index (κ3) is 4.14. The van der Waals surface area contributed by atoms with Gasteiger partial charge in [0.25, 0.3) is 0 Å². The van der Waals surface area contributed by atoms with Crippen molar-refractivity contribution in [2.75, 3.05) is 20.3 Å². The summed E-state index contributed by atoms with van der Waals surface area (Å²) in [5.74, 6) is 1.64. The zero-order valence-electron chi connectivity index (χ0n) is 10.3. The van der Waals surface area contributed by atoms with Gasteiger partial charge in [-0.3, -0.25) is 0 Å². The molecule has 0 heterocycles. The monoisotopic (exact) mass is 377 g/mol. The second-order valence-corrected chi connectivity index (χ2v) is 6.06. The molecule has 0 aliphatic heterocycles. The van der Waals surface area contributed by atoms with Crippen LogP contribution in [0.25, 0.3) is 0 Å². The van der Waals surface area contributed by atoms with Gasteiger partial charge in [0.05, 0.1) is 22.7 Å². The van der Waals surface area contributed by atoms with Gasteiger partial charge in [0.2, 0.25) is 0 Å². The van der Waals surface area contributed by atoms with Crippen molar-refractivity contribution in [3.05, 3.63) is 21.1 Å². The highest BCUT2D eigenvalue weighted by atomic mass is 79.9. The van der Waals surface area contributed by atoms with Crippen molar-refractivity contribution in [1.82, 2.24) is 5.32 Å². The number of rotatable bonds is 7. The van der Waals surface area contributed by atoms with E-state index >= 15 is 0 Å². The average molecular weight is 379 g/mol. The van der Waals surface area contributed by atoms with Crippen LogP contribution >= 0.6 is 31.9 Å². The summed E-state index contributed by atoms with van der Waals surface area (Å²) in [6.07, 6.45) is 3.68. The van der Waals surface area contributed by atoms with E-state index < -0.39 is 0 Å². The summed E-state index contributed by atoms with van der Waals surface area (Å²) in [5.41, 5.74) is 0. The van der Waals surface area contributed by atoms with E-state index in [1.54, 1.807) is 7.11 Å². The maximum Gasteiger partial charge on any atom is 0.134 e. The Balaban J connectivity index is 1.78. The van der Waals surface area contributed by atoms with Crippen LogP contribution in [0, 0.1) is 0 Å². The highest BCUT2D eigenvalue weighted by Crippen LogP contribution is 2.35. The van der Waals surface area contributed by atoms with E-state index in [4.69, 9.17) is 9.47 Å². The Morgan fingerprint density at radius 1 is 1.22 bits per heavy atom. The van der Waals surface area contributed by atoms with Crippen LogP contribution in [0.1, 0.15) is 19.3 Å². The predicted molar refractivity (Wildman–Crippen MR) is 79.5 cm³/mol. The van der Waals surface area contributed by atoms with Crippen LogP contribution in [0.4, 0.5) is 0 Å². The summed E-state index contributed by atoms with van der Waals surface area (Å²) in [6, 6.07) is 4.60. The van der Waals surface area contributed by atoms with Crippen molar-refractivity contribution in [3.63, 3.8) is 0 Å². The van der Waals surface area contributed by atoms with E-state index in [0.29, 0.717) is 0 Å². The lowest BCUT2D eigenvalue weighted by Crippen LogP contribution is -2.19. The molecule has 0 spiro atoms. The van der Waals surface area contributed by atoms with Crippen LogP contribution < -0.4 is 14.8 Å². The molecule has 1 aliphatic carbocycles. The number of hydrogen-bond donors (Lipinski definition) is 1. The molecule has 0 saturated heterocycles. The minimum absolute atomic E-state index is 0.719. The number of halogens is 2. The second-order valence-electron chi connectivity index (χ2n) is 4.35. The Kier molecular flexibility index (Phi) is 5.33. The fourth-order valence-corrected chi connectivity index (χ4v) is 2.55. The van der Waals surface area contributed by atoms with Gasteiger partial charge in [-0.05, 0) is 69.8 Å². The summed E-state index contributed by atoms with van der Waals surface area (Å²) in [5, 5.41) is 3.47. The van der Waals surface area contributed by atoms with Gasteiger partial charge in [-0.25, -0.2) is 0 Å². The molecule has 1 saturated carbocycles. The number of ether oxygens (including phenoxy) is 2. The van der Waals surface area contributed by atoms with E-state index in [0.717, 1.165) is 46.1 Å². The predicted octanol–water partition coefficient (Wildman–Crippen LogP) is 3.74. The first-order chi connectivity index (χ1) is 8.70. The molecule has 1 fully saturated rings. The lowest BCUT2D eigenvalue weighted by molar-refractivity contribution is 0.305. The fraction of sp³-hybridized carbons (Fsp3) is 0.538. The lowest BCUT2D eigenvalue weighted by Gasteiger charge is -2.11. The summed E-state index contributed by atoms with van der Waals surface area (Å²) in [7, 11) is 1.65. The van der Waals surface area contributed by atoms with E-state index in [2.05, 4.69) is 37.2 Å².